The van der Waals surface area contributed by atoms with Crippen LogP contribution in [0.5, 0.6) is 5.75 Å². The van der Waals surface area contributed by atoms with Gasteiger partial charge in [0.1, 0.15) is 22.3 Å². The first-order chi connectivity index (χ1) is 13.0. The predicted octanol–water partition coefficient (Wildman–Crippen LogP) is 1.30. The Bertz CT molecular complexity index is 927. The normalized spacial score (nSPS) is 21.8. The number of fused-ring (bicyclic) bond motifs is 1. The van der Waals surface area contributed by atoms with E-state index in [9.17, 15) is 8.42 Å². The molecule has 2 aliphatic heterocycles. The number of methoxy groups -OCH3 is 1. The quantitative estimate of drug-likeness (QED) is 0.782. The molecule has 9 heteroatoms. The summed E-state index contributed by atoms with van der Waals surface area (Å²) in [5.41, 5.74) is 0. The Morgan fingerprint density at radius 3 is 2.74 bits per heavy atom. The molecule has 2 aliphatic rings. The van der Waals surface area contributed by atoms with Gasteiger partial charge in [-0.15, -0.1) is 10.2 Å². The lowest BCUT2D eigenvalue weighted by atomic mass is 9.97. The van der Waals surface area contributed by atoms with Crippen molar-refractivity contribution in [2.45, 2.75) is 36.7 Å². The number of hydrogen-bond donors (Lipinski definition) is 0. The van der Waals surface area contributed by atoms with Crippen molar-refractivity contribution in [2.24, 2.45) is 0 Å². The van der Waals surface area contributed by atoms with Crippen molar-refractivity contribution < 1.29 is 13.2 Å². The van der Waals surface area contributed by atoms with Gasteiger partial charge in [0, 0.05) is 25.6 Å². The number of piperidine rings is 1. The Kier molecular flexibility index (Phi) is 4.92. The zero-order valence-corrected chi connectivity index (χ0v) is 16.5. The molecular weight excluding hydrogens is 366 g/mol. The SMILES string of the molecule is COc1ccccc1S(=O)(=O)N1CCn2c(nnc2[C@H]2CCCN(C)C2)C1. The summed E-state index contributed by atoms with van der Waals surface area (Å²) >= 11 is 0. The fourth-order valence-corrected chi connectivity index (χ4v) is 5.56. The molecule has 1 aromatic heterocycles. The predicted molar refractivity (Wildman–Crippen MR) is 100 cm³/mol. The summed E-state index contributed by atoms with van der Waals surface area (Å²) in [7, 11) is -0.0459. The van der Waals surface area contributed by atoms with Gasteiger partial charge in [0.15, 0.2) is 0 Å². The molecule has 1 fully saturated rings. The molecule has 8 nitrogen and oxygen atoms in total. The van der Waals surface area contributed by atoms with E-state index >= 15 is 0 Å². The molecular formula is C18H25N5O3S. The van der Waals surface area contributed by atoms with Gasteiger partial charge >= 0.3 is 0 Å². The van der Waals surface area contributed by atoms with Crippen molar-refractivity contribution >= 4 is 10.0 Å². The fourth-order valence-electron chi connectivity index (χ4n) is 4.01. The number of para-hydroxylation sites is 1. The minimum Gasteiger partial charge on any atom is -0.495 e. The topological polar surface area (TPSA) is 80.6 Å². The number of likely N-dealkylation sites (N-methyl/N-ethyl adjacent to an activating group) is 1. The first kappa shape index (κ1) is 18.4. The number of sulfonamides is 1. The molecule has 0 spiro atoms. The molecule has 3 heterocycles. The van der Waals surface area contributed by atoms with E-state index in [1.165, 1.54) is 11.4 Å². The molecule has 0 aliphatic carbocycles. The van der Waals surface area contributed by atoms with E-state index in [-0.39, 0.29) is 11.4 Å². The van der Waals surface area contributed by atoms with Gasteiger partial charge in [-0.1, -0.05) is 12.1 Å². The highest BCUT2D eigenvalue weighted by Gasteiger charge is 2.34. The molecule has 2 aromatic rings. The Hall–Kier alpha value is -1.97. The average Bonchev–Trinajstić information content (AvgIpc) is 3.11. The minimum absolute atomic E-state index is 0.189. The Labute approximate surface area is 159 Å². The standard InChI is InChI=1S/C18H25N5O3S/c1-21-9-5-6-14(12-21)18-20-19-17-13-22(10-11-23(17)18)27(24,25)16-8-4-3-7-15(16)26-2/h3-4,7-8,14H,5-6,9-13H2,1-2H3/t14-/m0/s1. The van der Waals surface area contributed by atoms with E-state index in [1.807, 2.05) is 0 Å². The summed E-state index contributed by atoms with van der Waals surface area (Å²) in [4.78, 5) is 2.51. The summed E-state index contributed by atoms with van der Waals surface area (Å²) in [5.74, 6) is 2.42. The van der Waals surface area contributed by atoms with Crippen LogP contribution in [0.4, 0.5) is 0 Å². The zero-order valence-electron chi connectivity index (χ0n) is 15.7. The van der Waals surface area contributed by atoms with Gasteiger partial charge in [-0.05, 0) is 38.6 Å². The van der Waals surface area contributed by atoms with Crippen LogP contribution >= 0.6 is 0 Å². The van der Waals surface area contributed by atoms with Gasteiger partial charge in [-0.3, -0.25) is 0 Å². The van der Waals surface area contributed by atoms with Crippen LogP contribution in [-0.2, 0) is 23.1 Å². The van der Waals surface area contributed by atoms with Crippen molar-refractivity contribution in [1.29, 1.82) is 0 Å². The lowest BCUT2D eigenvalue weighted by Gasteiger charge is -2.31. The number of rotatable bonds is 4. The van der Waals surface area contributed by atoms with Crippen LogP contribution in [0.2, 0.25) is 0 Å². The van der Waals surface area contributed by atoms with Gasteiger partial charge in [-0.2, -0.15) is 4.31 Å². The number of hydrogen-bond acceptors (Lipinski definition) is 6. The lowest BCUT2D eigenvalue weighted by Crippen LogP contribution is -2.39. The highest BCUT2D eigenvalue weighted by atomic mass is 32.2. The van der Waals surface area contributed by atoms with Crippen LogP contribution in [-0.4, -0.2) is 66.2 Å². The number of benzene rings is 1. The number of aromatic nitrogens is 3. The number of likely N-dealkylation sites (tertiary alicyclic amines) is 1. The fraction of sp³-hybridized carbons (Fsp3) is 0.556. The molecule has 0 radical (unpaired) electrons. The molecule has 0 N–H and O–H groups in total. The van der Waals surface area contributed by atoms with Crippen LogP contribution in [0, 0.1) is 0 Å². The second kappa shape index (κ2) is 7.21. The second-order valence-corrected chi connectivity index (χ2v) is 9.12. The highest BCUT2D eigenvalue weighted by molar-refractivity contribution is 7.89. The summed E-state index contributed by atoms with van der Waals surface area (Å²) in [5, 5.41) is 8.73. The lowest BCUT2D eigenvalue weighted by molar-refractivity contribution is 0.239. The van der Waals surface area contributed by atoms with Gasteiger partial charge < -0.3 is 14.2 Å². The Morgan fingerprint density at radius 2 is 1.96 bits per heavy atom. The Balaban J connectivity index is 1.59. The van der Waals surface area contributed by atoms with E-state index < -0.39 is 10.0 Å². The monoisotopic (exact) mass is 391 g/mol. The third-order valence-electron chi connectivity index (χ3n) is 5.42. The molecule has 146 valence electrons. The maximum Gasteiger partial charge on any atom is 0.247 e. The van der Waals surface area contributed by atoms with E-state index in [4.69, 9.17) is 4.74 Å². The van der Waals surface area contributed by atoms with Gasteiger partial charge in [-0.25, -0.2) is 8.42 Å². The molecule has 1 saturated heterocycles. The number of nitrogens with zero attached hydrogens (tertiary/aromatic N) is 5. The second-order valence-electron chi connectivity index (χ2n) is 7.22. The first-order valence-corrected chi connectivity index (χ1v) is 10.7. The molecule has 1 atom stereocenters. The largest absolute Gasteiger partial charge is 0.495 e. The number of ether oxygens (including phenoxy) is 1. The Morgan fingerprint density at radius 1 is 1.15 bits per heavy atom. The van der Waals surface area contributed by atoms with Gasteiger partial charge in [0.25, 0.3) is 0 Å². The van der Waals surface area contributed by atoms with Gasteiger partial charge in [0.2, 0.25) is 10.0 Å². The maximum absolute atomic E-state index is 13.1. The van der Waals surface area contributed by atoms with E-state index in [1.54, 1.807) is 24.3 Å². The van der Waals surface area contributed by atoms with Crippen molar-refractivity contribution in [3.8, 4) is 5.75 Å². The average molecular weight is 391 g/mol. The smallest absolute Gasteiger partial charge is 0.247 e. The molecule has 4 rings (SSSR count). The van der Waals surface area contributed by atoms with Crippen molar-refractivity contribution in [1.82, 2.24) is 24.0 Å². The molecule has 1 aromatic carbocycles. The third-order valence-corrected chi connectivity index (χ3v) is 7.31. The highest BCUT2D eigenvalue weighted by Crippen LogP contribution is 2.30. The van der Waals surface area contributed by atoms with Crippen molar-refractivity contribution in [2.75, 3.05) is 33.8 Å². The molecule has 0 unspecified atom stereocenters. The summed E-state index contributed by atoms with van der Waals surface area (Å²) in [6, 6.07) is 6.71. The van der Waals surface area contributed by atoms with Crippen LogP contribution < -0.4 is 4.74 Å². The zero-order chi connectivity index (χ0) is 19.0. The first-order valence-electron chi connectivity index (χ1n) is 9.24. The van der Waals surface area contributed by atoms with E-state index in [0.29, 0.717) is 30.6 Å². The van der Waals surface area contributed by atoms with Crippen LogP contribution in [0.15, 0.2) is 29.2 Å². The third kappa shape index (κ3) is 3.35. The van der Waals surface area contributed by atoms with E-state index in [2.05, 4.69) is 26.7 Å². The van der Waals surface area contributed by atoms with Crippen molar-refractivity contribution in [3.05, 3.63) is 35.9 Å². The van der Waals surface area contributed by atoms with Crippen LogP contribution in [0.25, 0.3) is 0 Å². The summed E-state index contributed by atoms with van der Waals surface area (Å²) < 4.78 is 35.0. The summed E-state index contributed by atoms with van der Waals surface area (Å²) in [6.45, 7) is 3.30. The molecule has 0 bridgehead atoms. The van der Waals surface area contributed by atoms with E-state index in [0.717, 1.165) is 31.8 Å². The molecule has 27 heavy (non-hydrogen) atoms. The van der Waals surface area contributed by atoms with Crippen LogP contribution in [0.3, 0.4) is 0 Å². The molecule has 0 saturated carbocycles. The molecule has 0 amide bonds. The van der Waals surface area contributed by atoms with Gasteiger partial charge in [0.05, 0.1) is 13.7 Å². The van der Waals surface area contributed by atoms with Crippen LogP contribution in [0.1, 0.15) is 30.4 Å². The maximum atomic E-state index is 13.1. The van der Waals surface area contributed by atoms with Crippen molar-refractivity contribution in [3.63, 3.8) is 0 Å². The minimum atomic E-state index is -3.65. The summed E-state index contributed by atoms with van der Waals surface area (Å²) in [6.07, 6.45) is 2.25.